The average Bonchev–Trinajstić information content (AvgIpc) is 3.03. The molecule has 2 aromatic rings. The highest BCUT2D eigenvalue weighted by atomic mass is 16.2. The van der Waals surface area contributed by atoms with Crippen LogP contribution in [0.1, 0.15) is 24.8 Å². The van der Waals surface area contributed by atoms with E-state index >= 15 is 0 Å². The van der Waals surface area contributed by atoms with Gasteiger partial charge >= 0.3 is 0 Å². The molecule has 0 fully saturated rings. The number of aromatic nitrogens is 1. The fourth-order valence-electron chi connectivity index (χ4n) is 2.78. The van der Waals surface area contributed by atoms with Crippen molar-refractivity contribution in [1.29, 1.82) is 0 Å². The number of aryl methyl sites for hydroxylation is 1. The first-order chi connectivity index (χ1) is 10.2. The quantitative estimate of drug-likeness (QED) is 0.939. The van der Waals surface area contributed by atoms with Crippen LogP contribution in [0.5, 0.6) is 0 Å². The molecule has 0 bridgehead atoms. The predicted octanol–water partition coefficient (Wildman–Crippen LogP) is 2.26. The van der Waals surface area contributed by atoms with Gasteiger partial charge in [0.1, 0.15) is 0 Å². The van der Waals surface area contributed by atoms with Crippen LogP contribution in [0.2, 0.25) is 0 Å². The molecule has 4 nitrogen and oxygen atoms in total. The average molecular weight is 282 g/mol. The van der Waals surface area contributed by atoms with Gasteiger partial charge in [-0.15, -0.1) is 0 Å². The van der Waals surface area contributed by atoms with E-state index in [1.54, 1.807) is 11.6 Å². The number of carbonyl (C=O) groups is 1. The van der Waals surface area contributed by atoms with Crippen molar-refractivity contribution in [2.45, 2.75) is 25.8 Å². The Morgan fingerprint density at radius 2 is 2.14 bits per heavy atom. The number of allylic oxidation sites excluding steroid dienone is 1. The van der Waals surface area contributed by atoms with Crippen LogP contribution in [0, 0.1) is 0 Å². The highest BCUT2D eigenvalue weighted by molar-refractivity contribution is 5.93. The lowest BCUT2D eigenvalue weighted by molar-refractivity contribution is -0.117. The van der Waals surface area contributed by atoms with Crippen LogP contribution in [0.25, 0.3) is 10.9 Å². The van der Waals surface area contributed by atoms with E-state index in [9.17, 15) is 9.59 Å². The van der Waals surface area contributed by atoms with Gasteiger partial charge in [0, 0.05) is 24.7 Å². The smallest absolute Gasteiger partial charge is 0.255 e. The van der Waals surface area contributed by atoms with E-state index < -0.39 is 0 Å². The van der Waals surface area contributed by atoms with Gasteiger partial charge in [-0.1, -0.05) is 24.3 Å². The predicted molar refractivity (Wildman–Crippen MR) is 83.0 cm³/mol. The molecule has 21 heavy (non-hydrogen) atoms. The van der Waals surface area contributed by atoms with Crippen molar-refractivity contribution in [2.75, 3.05) is 0 Å². The Kier molecular flexibility index (Phi) is 3.60. The van der Waals surface area contributed by atoms with Crippen molar-refractivity contribution in [3.05, 3.63) is 57.9 Å². The molecule has 1 aliphatic carbocycles. The van der Waals surface area contributed by atoms with Gasteiger partial charge < -0.3 is 9.88 Å². The number of benzene rings is 1. The first-order valence-corrected chi connectivity index (χ1v) is 7.21. The Morgan fingerprint density at radius 3 is 2.90 bits per heavy atom. The second kappa shape index (κ2) is 5.56. The van der Waals surface area contributed by atoms with E-state index in [0.29, 0.717) is 5.56 Å². The fourth-order valence-corrected chi connectivity index (χ4v) is 2.78. The lowest BCUT2D eigenvalue weighted by Gasteiger charge is -2.10. The molecule has 1 amide bonds. The third-order valence-electron chi connectivity index (χ3n) is 3.98. The van der Waals surface area contributed by atoms with Crippen molar-refractivity contribution >= 4 is 16.8 Å². The number of para-hydroxylation sites is 1. The van der Waals surface area contributed by atoms with Crippen molar-refractivity contribution in [2.24, 2.45) is 7.05 Å². The van der Waals surface area contributed by atoms with Gasteiger partial charge in [-0.2, -0.15) is 0 Å². The zero-order valence-electron chi connectivity index (χ0n) is 12.1. The summed E-state index contributed by atoms with van der Waals surface area (Å²) in [5.41, 5.74) is 2.29. The molecule has 4 heteroatoms. The first-order valence-electron chi connectivity index (χ1n) is 7.21. The summed E-state index contributed by atoms with van der Waals surface area (Å²) in [5.74, 6) is -0.0530. The number of fused-ring (bicyclic) bond motifs is 1. The molecule has 3 rings (SSSR count). The SMILES string of the molecule is Cn1c(=O)c(CNC(=O)C2=CCCC2)cc2ccccc21. The van der Waals surface area contributed by atoms with E-state index in [1.165, 1.54) is 0 Å². The van der Waals surface area contributed by atoms with E-state index in [1.807, 2.05) is 36.4 Å². The molecule has 0 atom stereocenters. The number of hydrogen-bond acceptors (Lipinski definition) is 2. The molecule has 1 heterocycles. The molecule has 1 aromatic heterocycles. The van der Waals surface area contributed by atoms with Gasteiger partial charge in [-0.3, -0.25) is 9.59 Å². The zero-order chi connectivity index (χ0) is 14.8. The molecule has 1 N–H and O–H groups in total. The van der Waals surface area contributed by atoms with E-state index in [2.05, 4.69) is 5.32 Å². The van der Waals surface area contributed by atoms with Crippen molar-refractivity contribution in [3.8, 4) is 0 Å². The Bertz CT molecular complexity index is 787. The van der Waals surface area contributed by atoms with Crippen molar-refractivity contribution < 1.29 is 4.79 Å². The Hall–Kier alpha value is -2.36. The molecule has 0 unspecified atom stereocenters. The number of hydrogen-bond donors (Lipinski definition) is 1. The lowest BCUT2D eigenvalue weighted by Crippen LogP contribution is -2.29. The topological polar surface area (TPSA) is 51.1 Å². The first kappa shape index (κ1) is 13.6. The summed E-state index contributed by atoms with van der Waals surface area (Å²) in [6.07, 6.45) is 4.83. The number of amides is 1. The molecule has 0 spiro atoms. The maximum atomic E-state index is 12.3. The largest absolute Gasteiger partial charge is 0.348 e. The second-order valence-corrected chi connectivity index (χ2v) is 5.40. The highest BCUT2D eigenvalue weighted by Gasteiger charge is 2.14. The van der Waals surface area contributed by atoms with Gasteiger partial charge in [-0.25, -0.2) is 0 Å². The van der Waals surface area contributed by atoms with Crippen LogP contribution < -0.4 is 10.9 Å². The van der Waals surface area contributed by atoms with E-state index in [-0.39, 0.29) is 18.0 Å². The normalized spacial score (nSPS) is 14.2. The summed E-state index contributed by atoms with van der Waals surface area (Å²) in [6.45, 7) is 0.272. The highest BCUT2D eigenvalue weighted by Crippen LogP contribution is 2.17. The lowest BCUT2D eigenvalue weighted by atomic mass is 10.1. The number of rotatable bonds is 3. The van der Waals surface area contributed by atoms with E-state index in [0.717, 1.165) is 35.7 Å². The summed E-state index contributed by atoms with van der Waals surface area (Å²) < 4.78 is 1.63. The Labute approximate surface area is 123 Å². The monoisotopic (exact) mass is 282 g/mol. The van der Waals surface area contributed by atoms with Crippen molar-refractivity contribution in [1.82, 2.24) is 9.88 Å². The zero-order valence-corrected chi connectivity index (χ0v) is 12.1. The van der Waals surface area contributed by atoms with Gasteiger partial charge in [0.15, 0.2) is 0 Å². The summed E-state index contributed by atoms with van der Waals surface area (Å²) in [6, 6.07) is 9.61. The third-order valence-corrected chi connectivity index (χ3v) is 3.98. The summed E-state index contributed by atoms with van der Waals surface area (Å²) >= 11 is 0. The second-order valence-electron chi connectivity index (χ2n) is 5.40. The van der Waals surface area contributed by atoms with Crippen LogP contribution in [0.4, 0.5) is 0 Å². The molecule has 1 aromatic carbocycles. The molecule has 0 radical (unpaired) electrons. The minimum atomic E-state index is -0.0607. The Balaban J connectivity index is 1.85. The molecule has 0 aliphatic heterocycles. The maximum absolute atomic E-state index is 12.3. The summed E-state index contributed by atoms with van der Waals surface area (Å²) in [7, 11) is 1.76. The minimum absolute atomic E-state index is 0.0530. The Morgan fingerprint density at radius 1 is 1.33 bits per heavy atom. The van der Waals surface area contributed by atoms with Gasteiger partial charge in [0.05, 0.1) is 5.52 Å². The fraction of sp³-hybridized carbons (Fsp3) is 0.294. The van der Waals surface area contributed by atoms with Crippen LogP contribution >= 0.6 is 0 Å². The van der Waals surface area contributed by atoms with Crippen LogP contribution in [0.3, 0.4) is 0 Å². The molecule has 108 valence electrons. The number of pyridine rings is 1. The van der Waals surface area contributed by atoms with Crippen LogP contribution in [-0.4, -0.2) is 10.5 Å². The molecule has 1 aliphatic rings. The summed E-state index contributed by atoms with van der Waals surface area (Å²) in [5, 5.41) is 3.86. The number of nitrogens with zero attached hydrogens (tertiary/aromatic N) is 1. The minimum Gasteiger partial charge on any atom is -0.348 e. The van der Waals surface area contributed by atoms with Gasteiger partial charge in [0.25, 0.3) is 5.56 Å². The van der Waals surface area contributed by atoms with Crippen LogP contribution in [0.15, 0.2) is 46.8 Å². The van der Waals surface area contributed by atoms with Gasteiger partial charge in [-0.05, 0) is 36.8 Å². The van der Waals surface area contributed by atoms with Crippen molar-refractivity contribution in [3.63, 3.8) is 0 Å². The molecule has 0 saturated heterocycles. The summed E-state index contributed by atoms with van der Waals surface area (Å²) in [4.78, 5) is 24.3. The molecular formula is C17H18N2O2. The van der Waals surface area contributed by atoms with Crippen LogP contribution in [-0.2, 0) is 18.4 Å². The molecule has 0 saturated carbocycles. The van der Waals surface area contributed by atoms with Gasteiger partial charge in [0.2, 0.25) is 5.91 Å². The molecular weight excluding hydrogens is 264 g/mol. The number of carbonyl (C=O) groups excluding carboxylic acids is 1. The van der Waals surface area contributed by atoms with E-state index in [4.69, 9.17) is 0 Å². The maximum Gasteiger partial charge on any atom is 0.255 e. The standard InChI is InChI=1S/C17H18N2O2/c1-19-15-9-5-4-8-13(15)10-14(17(19)21)11-18-16(20)12-6-2-3-7-12/h4-6,8-10H,2-3,7,11H2,1H3,(H,18,20). The third kappa shape index (κ3) is 2.61. The number of nitrogens with one attached hydrogen (secondary N) is 1.